The molecule has 0 radical (unpaired) electrons. The Morgan fingerprint density at radius 2 is 2.39 bits per heavy atom. The number of aliphatic hydroxyl groups is 1. The zero-order valence-corrected chi connectivity index (χ0v) is 10.7. The second-order valence-electron chi connectivity index (χ2n) is 4.35. The second-order valence-corrected chi connectivity index (χ2v) is 4.35. The van der Waals surface area contributed by atoms with Gasteiger partial charge >= 0.3 is 6.09 Å². The predicted octanol–water partition coefficient (Wildman–Crippen LogP) is 0.110. The van der Waals surface area contributed by atoms with Crippen LogP contribution in [0.25, 0.3) is 0 Å². The van der Waals surface area contributed by atoms with Crippen LogP contribution in [0.1, 0.15) is 13.3 Å². The molecule has 1 amide bonds. The van der Waals surface area contributed by atoms with Crippen LogP contribution in [0.3, 0.4) is 0 Å². The molecule has 1 aliphatic rings. The van der Waals surface area contributed by atoms with Crippen molar-refractivity contribution in [3.8, 4) is 0 Å². The molecule has 0 aromatic carbocycles. The van der Waals surface area contributed by atoms with E-state index in [0.717, 1.165) is 6.42 Å². The van der Waals surface area contributed by atoms with E-state index in [1.807, 2.05) is 0 Å². The maximum absolute atomic E-state index is 11.5. The largest absolute Gasteiger partial charge is 0.447 e. The Morgan fingerprint density at radius 3 is 3.00 bits per heavy atom. The van der Waals surface area contributed by atoms with E-state index in [1.165, 1.54) is 0 Å². The molecule has 104 valence electrons. The number of rotatable bonds is 6. The molecule has 0 aromatic heterocycles. The Kier molecular flexibility index (Phi) is 6.70. The van der Waals surface area contributed by atoms with E-state index in [9.17, 15) is 4.79 Å². The first-order valence-corrected chi connectivity index (χ1v) is 6.19. The minimum atomic E-state index is -0.467. The lowest BCUT2D eigenvalue weighted by atomic mass is 10.3. The number of amides is 1. The number of carbonyl (C=O) groups excluding carboxylic acids is 1. The Labute approximate surface area is 107 Å². The van der Waals surface area contributed by atoms with Gasteiger partial charge in [-0.3, -0.25) is 0 Å². The van der Waals surface area contributed by atoms with Crippen LogP contribution in [-0.4, -0.2) is 61.2 Å². The number of nitrogens with zero attached hydrogens (tertiary/aromatic N) is 1. The van der Waals surface area contributed by atoms with Crippen LogP contribution in [0.4, 0.5) is 4.79 Å². The van der Waals surface area contributed by atoms with Crippen molar-refractivity contribution in [2.45, 2.75) is 25.5 Å². The van der Waals surface area contributed by atoms with E-state index in [-0.39, 0.29) is 18.7 Å². The molecular weight excluding hydrogens is 236 g/mol. The first kappa shape index (κ1) is 14.9. The van der Waals surface area contributed by atoms with Gasteiger partial charge in [-0.05, 0) is 13.3 Å². The van der Waals surface area contributed by atoms with Crippen LogP contribution in [0, 0.1) is 0 Å². The summed E-state index contributed by atoms with van der Waals surface area (Å²) in [4.78, 5) is 13.1. The fourth-order valence-corrected chi connectivity index (χ4v) is 1.64. The van der Waals surface area contributed by atoms with Crippen molar-refractivity contribution in [3.05, 3.63) is 12.2 Å². The van der Waals surface area contributed by atoms with Crippen LogP contribution < -0.4 is 5.73 Å². The van der Waals surface area contributed by atoms with Gasteiger partial charge in [0.2, 0.25) is 0 Å². The summed E-state index contributed by atoms with van der Waals surface area (Å²) in [5.41, 5.74) is 5.69. The van der Waals surface area contributed by atoms with Crippen LogP contribution >= 0.6 is 0 Å². The minimum Gasteiger partial charge on any atom is -0.447 e. The summed E-state index contributed by atoms with van der Waals surface area (Å²) in [5, 5.41) is 8.94. The highest BCUT2D eigenvalue weighted by molar-refractivity contribution is 5.68. The van der Waals surface area contributed by atoms with Gasteiger partial charge in [0.25, 0.3) is 0 Å². The lowest BCUT2D eigenvalue weighted by molar-refractivity contribution is 0.0671. The number of hydrogen-bond donors (Lipinski definition) is 2. The first-order valence-electron chi connectivity index (χ1n) is 6.19. The highest BCUT2D eigenvalue weighted by atomic mass is 16.6. The van der Waals surface area contributed by atoms with Gasteiger partial charge in [0.15, 0.2) is 0 Å². The number of hydrogen-bond acceptors (Lipinski definition) is 5. The van der Waals surface area contributed by atoms with Crippen LogP contribution in [-0.2, 0) is 9.47 Å². The third-order valence-electron chi connectivity index (χ3n) is 2.56. The molecule has 0 saturated carbocycles. The van der Waals surface area contributed by atoms with Gasteiger partial charge in [0, 0.05) is 19.1 Å². The standard InChI is InChI=1S/C12H22N2O4/c1-10(15)3-2-6-17-7-8-18-12(16)14-5-4-11(13)9-14/h2-3,10-11,15H,4-9,13H2,1H3/b3-2-. The topological polar surface area (TPSA) is 85.0 Å². The molecule has 1 aliphatic heterocycles. The predicted molar refractivity (Wildman–Crippen MR) is 67.2 cm³/mol. The monoisotopic (exact) mass is 258 g/mol. The molecule has 0 aromatic rings. The van der Waals surface area contributed by atoms with E-state index in [2.05, 4.69) is 0 Å². The van der Waals surface area contributed by atoms with Crippen molar-refractivity contribution >= 4 is 6.09 Å². The molecule has 6 heteroatoms. The summed E-state index contributed by atoms with van der Waals surface area (Å²) in [6, 6.07) is 0.0689. The average Bonchev–Trinajstić information content (AvgIpc) is 2.74. The lowest BCUT2D eigenvalue weighted by Crippen LogP contribution is -2.32. The van der Waals surface area contributed by atoms with E-state index in [0.29, 0.717) is 26.3 Å². The third-order valence-corrected chi connectivity index (χ3v) is 2.56. The third kappa shape index (κ3) is 6.00. The van der Waals surface area contributed by atoms with Gasteiger partial charge in [0.1, 0.15) is 6.61 Å². The van der Waals surface area contributed by atoms with Crippen molar-refractivity contribution in [1.29, 1.82) is 0 Å². The number of aliphatic hydroxyl groups excluding tert-OH is 1. The van der Waals surface area contributed by atoms with E-state index < -0.39 is 6.10 Å². The van der Waals surface area contributed by atoms with Crippen LogP contribution in [0.2, 0.25) is 0 Å². The molecule has 1 saturated heterocycles. The van der Waals surface area contributed by atoms with E-state index in [1.54, 1.807) is 24.0 Å². The molecule has 2 unspecified atom stereocenters. The number of nitrogens with two attached hydrogens (primary N) is 1. The van der Waals surface area contributed by atoms with Gasteiger partial charge < -0.3 is 25.2 Å². The summed E-state index contributed by atoms with van der Waals surface area (Å²) in [6.07, 6.45) is 3.40. The van der Waals surface area contributed by atoms with Gasteiger partial charge in [-0.2, -0.15) is 0 Å². The zero-order chi connectivity index (χ0) is 13.4. The molecule has 3 N–H and O–H groups in total. The number of carbonyl (C=O) groups is 1. The molecule has 1 rings (SSSR count). The number of ether oxygens (including phenoxy) is 2. The molecule has 18 heavy (non-hydrogen) atoms. The fourth-order valence-electron chi connectivity index (χ4n) is 1.64. The highest BCUT2D eigenvalue weighted by Crippen LogP contribution is 2.08. The molecule has 6 nitrogen and oxygen atoms in total. The molecule has 1 fully saturated rings. The maximum Gasteiger partial charge on any atom is 0.409 e. The molecule has 0 spiro atoms. The minimum absolute atomic E-state index is 0.0689. The van der Waals surface area contributed by atoms with Crippen molar-refractivity contribution < 1.29 is 19.4 Å². The molecular formula is C12H22N2O4. The first-order chi connectivity index (χ1) is 8.59. The zero-order valence-electron chi connectivity index (χ0n) is 10.7. The van der Waals surface area contributed by atoms with Crippen molar-refractivity contribution in [1.82, 2.24) is 4.90 Å². The van der Waals surface area contributed by atoms with Gasteiger partial charge in [0.05, 0.1) is 19.3 Å². The summed E-state index contributed by atoms with van der Waals surface area (Å²) >= 11 is 0. The molecule has 2 atom stereocenters. The quantitative estimate of drug-likeness (QED) is 0.522. The summed E-state index contributed by atoms with van der Waals surface area (Å²) in [5.74, 6) is 0. The van der Waals surface area contributed by atoms with Gasteiger partial charge in [-0.1, -0.05) is 12.2 Å². The molecule has 1 heterocycles. The summed E-state index contributed by atoms with van der Waals surface area (Å²) < 4.78 is 10.2. The smallest absolute Gasteiger partial charge is 0.409 e. The SMILES string of the molecule is CC(O)/C=C\COCCOC(=O)N1CCC(N)C1. The maximum atomic E-state index is 11.5. The Balaban J connectivity index is 1.99. The van der Waals surface area contributed by atoms with Crippen molar-refractivity contribution in [2.75, 3.05) is 32.9 Å². The average molecular weight is 258 g/mol. The van der Waals surface area contributed by atoms with Gasteiger partial charge in [-0.15, -0.1) is 0 Å². The summed E-state index contributed by atoms with van der Waals surface area (Å²) in [7, 11) is 0. The Morgan fingerprint density at radius 1 is 1.61 bits per heavy atom. The second kappa shape index (κ2) is 8.07. The Hall–Kier alpha value is -1.11. The summed E-state index contributed by atoms with van der Waals surface area (Å²) in [6.45, 7) is 3.87. The van der Waals surface area contributed by atoms with Crippen molar-refractivity contribution in [2.24, 2.45) is 5.73 Å². The van der Waals surface area contributed by atoms with Gasteiger partial charge in [-0.25, -0.2) is 4.79 Å². The number of likely N-dealkylation sites (tertiary alicyclic amines) is 1. The highest BCUT2D eigenvalue weighted by Gasteiger charge is 2.24. The molecule has 0 aliphatic carbocycles. The lowest BCUT2D eigenvalue weighted by Gasteiger charge is -2.15. The van der Waals surface area contributed by atoms with Crippen molar-refractivity contribution in [3.63, 3.8) is 0 Å². The van der Waals surface area contributed by atoms with E-state index >= 15 is 0 Å². The molecule has 0 bridgehead atoms. The Bertz CT molecular complexity index is 281. The normalized spacial score (nSPS) is 21.5. The fraction of sp³-hybridized carbons (Fsp3) is 0.750. The van der Waals surface area contributed by atoms with Crippen LogP contribution in [0.5, 0.6) is 0 Å². The van der Waals surface area contributed by atoms with Crippen LogP contribution in [0.15, 0.2) is 12.2 Å². The van der Waals surface area contributed by atoms with E-state index in [4.69, 9.17) is 20.3 Å².